The molecule has 1 aromatic rings. The molecule has 0 aromatic heterocycles. The molecule has 2 saturated heterocycles. The lowest BCUT2D eigenvalue weighted by atomic mass is 9.93. The second-order valence-electron chi connectivity index (χ2n) is 10.5. The standard InChI is InChI=1S/C23H33FO5Si/c1-21(2,3)30(6,7)29-17-16(24)13-23(25-14-15-11-9-8-10-12-15)18(17)26-20-19(23)27-22(4,5)28-20/h8-12,18-20H,13-14H2,1-7H3/t18-,19?,20-,23-/m1/s1. The number of hydrogen-bond donors (Lipinski definition) is 0. The summed E-state index contributed by atoms with van der Waals surface area (Å²) in [5.41, 5.74) is -0.0119. The molecule has 0 radical (unpaired) electrons. The molecule has 0 bridgehead atoms. The summed E-state index contributed by atoms with van der Waals surface area (Å²) < 4.78 is 46.5. The van der Waals surface area contributed by atoms with Gasteiger partial charge in [-0.05, 0) is 37.5 Å². The summed E-state index contributed by atoms with van der Waals surface area (Å²) in [5, 5.41) is -0.0696. The van der Waals surface area contributed by atoms with Crippen LogP contribution in [0.1, 0.15) is 46.6 Å². The van der Waals surface area contributed by atoms with Crippen molar-refractivity contribution in [3.8, 4) is 0 Å². The van der Waals surface area contributed by atoms with Crippen molar-refractivity contribution >= 4 is 8.32 Å². The molecule has 166 valence electrons. The van der Waals surface area contributed by atoms with Crippen LogP contribution in [0.5, 0.6) is 0 Å². The molecule has 1 aromatic carbocycles. The topological polar surface area (TPSA) is 46.2 Å². The SMILES string of the molecule is CC1(C)OC2[C@H](O[C@@H]3C(O[Si](C)(C)C(C)(C)C)=C(F)C[C@]23OCc2ccccc2)O1. The average molecular weight is 437 g/mol. The normalized spacial score (nSPS) is 33.0. The predicted molar refractivity (Wildman–Crippen MR) is 114 cm³/mol. The lowest BCUT2D eigenvalue weighted by Crippen LogP contribution is -2.50. The van der Waals surface area contributed by atoms with E-state index in [1.165, 1.54) is 0 Å². The maximum absolute atomic E-state index is 15.4. The van der Waals surface area contributed by atoms with E-state index in [1.807, 2.05) is 44.2 Å². The molecule has 2 heterocycles. The number of rotatable bonds is 5. The molecular formula is C23H33FO5Si. The van der Waals surface area contributed by atoms with Crippen LogP contribution in [-0.4, -0.2) is 38.2 Å². The van der Waals surface area contributed by atoms with Crippen LogP contribution < -0.4 is 0 Å². The van der Waals surface area contributed by atoms with Crippen LogP contribution in [0, 0.1) is 0 Å². The van der Waals surface area contributed by atoms with Crippen molar-refractivity contribution in [2.24, 2.45) is 0 Å². The van der Waals surface area contributed by atoms with Crippen LogP contribution in [0.25, 0.3) is 0 Å². The minimum Gasteiger partial charge on any atom is -0.543 e. The van der Waals surface area contributed by atoms with E-state index in [0.29, 0.717) is 6.61 Å². The monoisotopic (exact) mass is 436 g/mol. The van der Waals surface area contributed by atoms with Crippen LogP contribution in [0.3, 0.4) is 0 Å². The van der Waals surface area contributed by atoms with E-state index in [0.717, 1.165) is 5.56 Å². The Balaban J connectivity index is 1.64. The third kappa shape index (κ3) is 3.64. The first-order chi connectivity index (χ1) is 13.8. The molecular weight excluding hydrogens is 403 g/mol. The van der Waals surface area contributed by atoms with Gasteiger partial charge in [-0.3, -0.25) is 0 Å². The van der Waals surface area contributed by atoms with Gasteiger partial charge in [0.1, 0.15) is 23.3 Å². The van der Waals surface area contributed by atoms with Crippen molar-refractivity contribution in [3.63, 3.8) is 0 Å². The first-order valence-electron chi connectivity index (χ1n) is 10.6. The van der Waals surface area contributed by atoms with Crippen molar-refractivity contribution < 1.29 is 27.8 Å². The van der Waals surface area contributed by atoms with Gasteiger partial charge in [-0.25, -0.2) is 4.39 Å². The van der Waals surface area contributed by atoms with Crippen LogP contribution in [0.15, 0.2) is 41.9 Å². The number of hydrogen-bond acceptors (Lipinski definition) is 5. The molecule has 0 saturated carbocycles. The number of fused-ring (bicyclic) bond motifs is 3. The molecule has 1 aliphatic carbocycles. The Kier molecular flexibility index (Phi) is 5.22. The van der Waals surface area contributed by atoms with Crippen LogP contribution in [0.2, 0.25) is 18.1 Å². The van der Waals surface area contributed by atoms with Crippen molar-refractivity contribution in [1.82, 2.24) is 0 Å². The van der Waals surface area contributed by atoms with E-state index in [9.17, 15) is 0 Å². The molecule has 7 heteroatoms. The number of ether oxygens (including phenoxy) is 4. The highest BCUT2D eigenvalue weighted by Crippen LogP contribution is 2.55. The molecule has 4 atom stereocenters. The molecule has 3 aliphatic rings. The van der Waals surface area contributed by atoms with Gasteiger partial charge < -0.3 is 23.4 Å². The Morgan fingerprint density at radius 1 is 1.13 bits per heavy atom. The van der Waals surface area contributed by atoms with Gasteiger partial charge in [0, 0.05) is 6.42 Å². The molecule has 0 N–H and O–H groups in total. The molecule has 30 heavy (non-hydrogen) atoms. The van der Waals surface area contributed by atoms with Gasteiger partial charge in [0.15, 0.2) is 18.2 Å². The minimum absolute atomic E-state index is 0.0507. The summed E-state index contributed by atoms with van der Waals surface area (Å²) in [4.78, 5) is 0. The van der Waals surface area contributed by atoms with Gasteiger partial charge >= 0.3 is 0 Å². The molecule has 0 spiro atoms. The molecule has 1 unspecified atom stereocenters. The third-order valence-corrected chi connectivity index (χ3v) is 11.1. The summed E-state index contributed by atoms with van der Waals surface area (Å²) in [5.74, 6) is -0.873. The Labute approximate surface area is 179 Å². The molecule has 4 rings (SSSR count). The second-order valence-corrected chi connectivity index (χ2v) is 15.2. The second kappa shape index (κ2) is 7.13. The summed E-state index contributed by atoms with van der Waals surface area (Å²) >= 11 is 0. The molecule has 2 fully saturated rings. The van der Waals surface area contributed by atoms with Gasteiger partial charge in [-0.15, -0.1) is 0 Å². The van der Waals surface area contributed by atoms with E-state index < -0.39 is 38.2 Å². The Bertz CT molecular complexity index is 832. The fraction of sp³-hybridized carbons (Fsp3) is 0.652. The largest absolute Gasteiger partial charge is 0.543 e. The molecule has 0 amide bonds. The maximum atomic E-state index is 15.4. The summed E-state index contributed by atoms with van der Waals surface area (Å²) in [6.45, 7) is 14.6. The summed E-state index contributed by atoms with van der Waals surface area (Å²) in [6.07, 6.45) is -1.80. The van der Waals surface area contributed by atoms with Crippen LogP contribution in [-0.2, 0) is 30.0 Å². The zero-order valence-electron chi connectivity index (χ0n) is 19.0. The highest BCUT2D eigenvalue weighted by molar-refractivity contribution is 6.74. The Morgan fingerprint density at radius 2 is 1.80 bits per heavy atom. The first kappa shape index (κ1) is 22.0. The average Bonchev–Trinajstić information content (AvgIpc) is 3.18. The smallest absolute Gasteiger partial charge is 0.250 e. The van der Waals surface area contributed by atoms with E-state index >= 15 is 4.39 Å². The first-order valence-corrected chi connectivity index (χ1v) is 13.5. The van der Waals surface area contributed by atoms with E-state index in [2.05, 4.69) is 33.9 Å². The fourth-order valence-electron chi connectivity index (χ4n) is 4.04. The zero-order chi connectivity index (χ0) is 21.9. The summed E-state index contributed by atoms with van der Waals surface area (Å²) in [7, 11) is -2.27. The zero-order valence-corrected chi connectivity index (χ0v) is 20.0. The molecule has 5 nitrogen and oxygen atoms in total. The van der Waals surface area contributed by atoms with E-state index in [1.54, 1.807) is 0 Å². The highest BCUT2D eigenvalue weighted by atomic mass is 28.4. The lowest BCUT2D eigenvalue weighted by molar-refractivity contribution is -0.232. The van der Waals surface area contributed by atoms with Crippen molar-refractivity contribution in [1.29, 1.82) is 0 Å². The fourth-order valence-corrected chi connectivity index (χ4v) is 5.12. The number of benzene rings is 1. The predicted octanol–water partition coefficient (Wildman–Crippen LogP) is 5.43. The molecule has 2 aliphatic heterocycles. The van der Waals surface area contributed by atoms with Gasteiger partial charge in [-0.2, -0.15) is 0 Å². The van der Waals surface area contributed by atoms with Crippen molar-refractivity contribution in [2.45, 2.75) is 95.7 Å². The Morgan fingerprint density at radius 3 is 2.43 bits per heavy atom. The van der Waals surface area contributed by atoms with Crippen LogP contribution in [0.4, 0.5) is 4.39 Å². The summed E-state index contributed by atoms with van der Waals surface area (Å²) in [6, 6.07) is 9.85. The Hall–Kier alpha value is -1.25. The van der Waals surface area contributed by atoms with Gasteiger partial charge in [0.2, 0.25) is 8.32 Å². The maximum Gasteiger partial charge on any atom is 0.250 e. The number of halogens is 1. The third-order valence-electron chi connectivity index (χ3n) is 6.71. The van der Waals surface area contributed by atoms with Gasteiger partial charge in [-0.1, -0.05) is 51.1 Å². The van der Waals surface area contributed by atoms with E-state index in [4.69, 9.17) is 23.4 Å². The minimum atomic E-state index is -2.27. The highest BCUT2D eigenvalue weighted by Gasteiger charge is 2.69. The van der Waals surface area contributed by atoms with Crippen molar-refractivity contribution in [3.05, 3.63) is 47.5 Å². The van der Waals surface area contributed by atoms with Crippen LogP contribution >= 0.6 is 0 Å². The van der Waals surface area contributed by atoms with Crippen molar-refractivity contribution in [2.75, 3.05) is 0 Å². The van der Waals surface area contributed by atoms with Gasteiger partial charge in [0.05, 0.1) is 6.61 Å². The lowest BCUT2D eigenvalue weighted by Gasteiger charge is -2.39. The quantitative estimate of drug-likeness (QED) is 0.577. The van der Waals surface area contributed by atoms with E-state index in [-0.39, 0.29) is 23.0 Å². The van der Waals surface area contributed by atoms with Gasteiger partial charge in [0.25, 0.3) is 0 Å².